The predicted octanol–water partition coefficient (Wildman–Crippen LogP) is 0.595. The van der Waals surface area contributed by atoms with Crippen LogP contribution in [0.1, 0.15) is 32.1 Å². The number of aliphatic carboxylic acids is 1. The average Bonchev–Trinajstić information content (AvgIpc) is 3.06. The van der Waals surface area contributed by atoms with E-state index in [9.17, 15) is 9.90 Å². The first kappa shape index (κ1) is 14.8. The Balaban J connectivity index is 1.96. The highest BCUT2D eigenvalue weighted by Gasteiger charge is 2.50. The number of carboxylic acid groups (broad SMARTS) is 1. The lowest BCUT2D eigenvalue weighted by Gasteiger charge is -2.50. The monoisotopic (exact) mass is 269 g/mol. The minimum absolute atomic E-state index is 0.157. The molecule has 110 valence electrons. The number of carboxylic acids is 1. The summed E-state index contributed by atoms with van der Waals surface area (Å²) < 4.78 is 0. The lowest BCUT2D eigenvalue weighted by molar-refractivity contribution is -0.145. The highest BCUT2D eigenvalue weighted by atomic mass is 16.4. The molecule has 0 radical (unpaired) electrons. The van der Waals surface area contributed by atoms with Gasteiger partial charge in [-0.3, -0.25) is 4.79 Å². The van der Waals surface area contributed by atoms with E-state index in [1.807, 2.05) is 7.05 Å². The second kappa shape index (κ2) is 5.04. The molecule has 3 N–H and O–H groups in total. The highest BCUT2D eigenvalue weighted by Crippen LogP contribution is 2.40. The minimum atomic E-state index is -1.06. The van der Waals surface area contributed by atoms with E-state index in [2.05, 4.69) is 23.9 Å². The van der Waals surface area contributed by atoms with Crippen molar-refractivity contribution in [2.45, 2.75) is 43.2 Å². The van der Waals surface area contributed by atoms with E-state index in [1.54, 1.807) is 0 Å². The number of carbonyl (C=O) groups is 1. The Morgan fingerprint density at radius 2 is 1.95 bits per heavy atom. The Hall–Kier alpha value is -0.650. The molecule has 5 nitrogen and oxygen atoms in total. The van der Waals surface area contributed by atoms with E-state index < -0.39 is 11.5 Å². The molecule has 0 heterocycles. The Labute approximate surface area is 115 Å². The third kappa shape index (κ3) is 2.78. The van der Waals surface area contributed by atoms with Crippen LogP contribution in [-0.4, -0.2) is 66.2 Å². The van der Waals surface area contributed by atoms with Gasteiger partial charge in [-0.05, 0) is 59.2 Å². The molecule has 2 rings (SSSR count). The van der Waals surface area contributed by atoms with Crippen LogP contribution in [0.3, 0.4) is 0 Å². The summed E-state index contributed by atoms with van der Waals surface area (Å²) >= 11 is 0. The molecule has 0 saturated heterocycles. The van der Waals surface area contributed by atoms with Crippen LogP contribution in [0.5, 0.6) is 0 Å². The Morgan fingerprint density at radius 1 is 1.37 bits per heavy atom. The number of nitrogens with two attached hydrogens (primary N) is 1. The molecule has 0 spiro atoms. The Morgan fingerprint density at radius 3 is 2.26 bits per heavy atom. The molecule has 2 fully saturated rings. The van der Waals surface area contributed by atoms with Crippen LogP contribution in [0.15, 0.2) is 0 Å². The quantitative estimate of drug-likeness (QED) is 0.708. The van der Waals surface area contributed by atoms with Crippen molar-refractivity contribution in [1.82, 2.24) is 9.80 Å². The van der Waals surface area contributed by atoms with Gasteiger partial charge in [0.05, 0.1) is 0 Å². The summed E-state index contributed by atoms with van der Waals surface area (Å²) in [6, 6.07) is 0. The zero-order valence-corrected chi connectivity index (χ0v) is 12.4. The van der Waals surface area contributed by atoms with Gasteiger partial charge in [0.15, 0.2) is 0 Å². The average molecular weight is 269 g/mol. The summed E-state index contributed by atoms with van der Waals surface area (Å²) in [5.41, 5.74) is 5.30. The van der Waals surface area contributed by atoms with Crippen molar-refractivity contribution in [3.8, 4) is 0 Å². The summed E-state index contributed by atoms with van der Waals surface area (Å²) in [6.07, 6.45) is 5.56. The third-order valence-corrected chi connectivity index (χ3v) is 5.03. The molecule has 1 unspecified atom stereocenters. The van der Waals surface area contributed by atoms with Crippen LogP contribution < -0.4 is 5.73 Å². The number of hydrogen-bond donors (Lipinski definition) is 2. The van der Waals surface area contributed by atoms with Crippen LogP contribution in [0, 0.1) is 5.92 Å². The molecule has 2 aliphatic rings. The maximum Gasteiger partial charge on any atom is 0.325 e. The van der Waals surface area contributed by atoms with E-state index in [-0.39, 0.29) is 11.5 Å². The number of likely N-dealkylation sites (N-methyl/N-ethyl adjacent to an activating group) is 2. The molecule has 0 aromatic rings. The SMILES string of the molecule is CN(CC(N)(C(=O)O)C1CC1)CC1(N(C)C)CCC1. The van der Waals surface area contributed by atoms with Crippen LogP contribution in [0.2, 0.25) is 0 Å². The van der Waals surface area contributed by atoms with Crippen LogP contribution in [0.25, 0.3) is 0 Å². The smallest absolute Gasteiger partial charge is 0.325 e. The molecule has 0 aliphatic heterocycles. The molecule has 2 aliphatic carbocycles. The number of nitrogens with zero attached hydrogens (tertiary/aromatic N) is 2. The fourth-order valence-corrected chi connectivity index (χ4v) is 3.31. The van der Waals surface area contributed by atoms with E-state index >= 15 is 0 Å². The molecule has 2 saturated carbocycles. The molecule has 19 heavy (non-hydrogen) atoms. The van der Waals surface area contributed by atoms with Gasteiger partial charge in [-0.25, -0.2) is 0 Å². The fourth-order valence-electron chi connectivity index (χ4n) is 3.31. The lowest BCUT2D eigenvalue weighted by atomic mass is 9.75. The second-order valence-corrected chi connectivity index (χ2v) is 6.76. The summed E-state index contributed by atoms with van der Waals surface area (Å²) in [7, 11) is 6.22. The molecule has 0 amide bonds. The summed E-state index contributed by atoms with van der Waals surface area (Å²) in [6.45, 7) is 1.35. The third-order valence-electron chi connectivity index (χ3n) is 5.03. The predicted molar refractivity (Wildman–Crippen MR) is 75.0 cm³/mol. The van der Waals surface area contributed by atoms with Crippen molar-refractivity contribution >= 4 is 5.97 Å². The standard InChI is InChI=1S/C14H27N3O2/c1-16(2)13(7-4-8-13)9-17(3)10-14(15,12(18)19)11-5-6-11/h11H,4-10,15H2,1-3H3,(H,18,19). The molecular formula is C14H27N3O2. The van der Waals surface area contributed by atoms with Crippen molar-refractivity contribution in [3.63, 3.8) is 0 Å². The van der Waals surface area contributed by atoms with Crippen molar-refractivity contribution in [2.24, 2.45) is 11.7 Å². The molecule has 0 aromatic carbocycles. The summed E-state index contributed by atoms with van der Waals surface area (Å²) in [4.78, 5) is 15.9. The molecular weight excluding hydrogens is 242 g/mol. The fraction of sp³-hybridized carbons (Fsp3) is 0.929. The Kier molecular flexibility index (Phi) is 3.91. The first-order valence-electron chi connectivity index (χ1n) is 7.18. The maximum atomic E-state index is 11.5. The first-order valence-corrected chi connectivity index (χ1v) is 7.18. The van der Waals surface area contributed by atoms with Crippen molar-refractivity contribution in [1.29, 1.82) is 0 Å². The topological polar surface area (TPSA) is 69.8 Å². The largest absolute Gasteiger partial charge is 0.480 e. The van der Waals surface area contributed by atoms with Crippen molar-refractivity contribution < 1.29 is 9.90 Å². The van der Waals surface area contributed by atoms with E-state index in [0.717, 1.165) is 19.4 Å². The van der Waals surface area contributed by atoms with Gasteiger partial charge in [0.1, 0.15) is 5.54 Å². The van der Waals surface area contributed by atoms with Gasteiger partial charge in [0.25, 0.3) is 0 Å². The van der Waals surface area contributed by atoms with Gasteiger partial charge in [-0.15, -0.1) is 0 Å². The van der Waals surface area contributed by atoms with Gasteiger partial charge in [-0.1, -0.05) is 0 Å². The second-order valence-electron chi connectivity index (χ2n) is 6.76. The zero-order chi connectivity index (χ0) is 14.3. The van der Waals surface area contributed by atoms with Crippen LogP contribution in [0.4, 0.5) is 0 Å². The van der Waals surface area contributed by atoms with Gasteiger partial charge in [0, 0.05) is 18.6 Å². The highest BCUT2D eigenvalue weighted by molar-refractivity contribution is 5.79. The van der Waals surface area contributed by atoms with Gasteiger partial charge < -0.3 is 20.6 Å². The normalized spacial score (nSPS) is 25.2. The van der Waals surface area contributed by atoms with Gasteiger partial charge in [0.2, 0.25) is 0 Å². The molecule has 0 aromatic heterocycles. The van der Waals surface area contributed by atoms with Crippen LogP contribution >= 0.6 is 0 Å². The summed E-state index contributed by atoms with van der Waals surface area (Å²) in [5.74, 6) is -0.696. The van der Waals surface area contributed by atoms with Crippen molar-refractivity contribution in [3.05, 3.63) is 0 Å². The Bertz CT molecular complexity index is 351. The van der Waals surface area contributed by atoms with E-state index in [4.69, 9.17) is 5.73 Å². The first-order chi connectivity index (χ1) is 8.80. The zero-order valence-electron chi connectivity index (χ0n) is 12.4. The van der Waals surface area contributed by atoms with Gasteiger partial charge >= 0.3 is 5.97 Å². The molecule has 5 heteroatoms. The lowest BCUT2D eigenvalue weighted by Crippen LogP contribution is -2.62. The van der Waals surface area contributed by atoms with Gasteiger partial charge in [-0.2, -0.15) is 0 Å². The molecule has 1 atom stereocenters. The number of hydrogen-bond acceptors (Lipinski definition) is 4. The number of rotatable bonds is 7. The molecule has 0 bridgehead atoms. The van der Waals surface area contributed by atoms with E-state index in [0.29, 0.717) is 6.54 Å². The maximum absolute atomic E-state index is 11.5. The van der Waals surface area contributed by atoms with E-state index in [1.165, 1.54) is 19.3 Å². The minimum Gasteiger partial charge on any atom is -0.480 e. The summed E-state index contributed by atoms with van der Waals surface area (Å²) in [5, 5.41) is 9.41. The van der Waals surface area contributed by atoms with Crippen LogP contribution in [-0.2, 0) is 4.79 Å². The van der Waals surface area contributed by atoms with Crippen molar-refractivity contribution in [2.75, 3.05) is 34.2 Å².